The van der Waals surface area contributed by atoms with Crippen LogP contribution >= 0.6 is 7.60 Å². The van der Waals surface area contributed by atoms with E-state index in [0.717, 1.165) is 5.56 Å². The van der Waals surface area contributed by atoms with Gasteiger partial charge in [0.05, 0.1) is 13.0 Å². The van der Waals surface area contributed by atoms with Gasteiger partial charge in [-0.2, -0.15) is 0 Å². The number of nitrogens with one attached hydrogen (secondary N) is 1. The Morgan fingerprint density at radius 2 is 1.70 bits per heavy atom. The van der Waals surface area contributed by atoms with Crippen LogP contribution in [0.3, 0.4) is 0 Å². The highest BCUT2D eigenvalue weighted by Gasteiger charge is 2.22. The van der Waals surface area contributed by atoms with Gasteiger partial charge >= 0.3 is 7.60 Å². The number of carbonyl (C=O) groups excluding carboxylic acids is 1. The van der Waals surface area contributed by atoms with Crippen molar-refractivity contribution in [3.63, 3.8) is 0 Å². The van der Waals surface area contributed by atoms with Gasteiger partial charge in [-0.15, -0.1) is 0 Å². The molecule has 23 heavy (non-hydrogen) atoms. The van der Waals surface area contributed by atoms with Gasteiger partial charge in [0.2, 0.25) is 5.91 Å². The van der Waals surface area contributed by atoms with Crippen LogP contribution in [0.1, 0.15) is 12.0 Å². The van der Waals surface area contributed by atoms with Gasteiger partial charge in [0, 0.05) is 6.54 Å². The summed E-state index contributed by atoms with van der Waals surface area (Å²) >= 11 is 0. The Balaban J connectivity index is 1.81. The van der Waals surface area contributed by atoms with Crippen molar-refractivity contribution in [2.45, 2.75) is 13.0 Å². The molecule has 0 saturated heterocycles. The van der Waals surface area contributed by atoms with Gasteiger partial charge in [-0.1, -0.05) is 42.5 Å². The van der Waals surface area contributed by atoms with E-state index in [0.29, 0.717) is 6.54 Å². The molecule has 1 amide bonds. The summed E-state index contributed by atoms with van der Waals surface area (Å²) in [5, 5.41) is 2.58. The minimum Gasteiger partial charge on any atom is -0.492 e. The first kappa shape index (κ1) is 17.2. The van der Waals surface area contributed by atoms with Crippen LogP contribution in [0.2, 0.25) is 0 Å². The molecule has 0 aliphatic carbocycles. The third-order valence-electron chi connectivity index (χ3n) is 3.10. The molecule has 0 fully saturated rings. The van der Waals surface area contributed by atoms with E-state index in [1.54, 1.807) is 6.07 Å². The minimum atomic E-state index is -4.40. The quantitative estimate of drug-likeness (QED) is 0.668. The van der Waals surface area contributed by atoms with E-state index in [1.165, 1.54) is 18.2 Å². The second-order valence-corrected chi connectivity index (χ2v) is 6.44. The molecule has 0 spiro atoms. The predicted octanol–water partition coefficient (Wildman–Crippen LogP) is 1.57. The van der Waals surface area contributed by atoms with Crippen molar-refractivity contribution >= 4 is 18.8 Å². The molecular formula is C16H18NO5P. The van der Waals surface area contributed by atoms with Crippen molar-refractivity contribution in [2.75, 3.05) is 6.61 Å². The van der Waals surface area contributed by atoms with Crippen LogP contribution in [0.4, 0.5) is 0 Å². The van der Waals surface area contributed by atoms with Gasteiger partial charge in [-0.25, -0.2) is 0 Å². The molecule has 0 radical (unpaired) electrons. The zero-order valence-electron chi connectivity index (χ0n) is 12.4. The molecule has 0 atom stereocenters. The zero-order valence-corrected chi connectivity index (χ0v) is 13.3. The Bertz CT molecular complexity index is 699. The SMILES string of the molecule is O=C(CCOc1ccccc1P(=O)(O)O)NCc1ccccc1. The van der Waals surface area contributed by atoms with Crippen LogP contribution in [-0.4, -0.2) is 22.3 Å². The Kier molecular flexibility index (Phi) is 5.93. The Hall–Kier alpha value is -2.14. The van der Waals surface area contributed by atoms with Crippen molar-refractivity contribution in [1.82, 2.24) is 5.32 Å². The van der Waals surface area contributed by atoms with Gasteiger partial charge in [0.15, 0.2) is 0 Å². The van der Waals surface area contributed by atoms with Crippen LogP contribution in [0.25, 0.3) is 0 Å². The van der Waals surface area contributed by atoms with Crippen LogP contribution in [0.5, 0.6) is 5.75 Å². The molecule has 2 rings (SSSR count). The van der Waals surface area contributed by atoms with Crippen LogP contribution in [-0.2, 0) is 15.9 Å². The summed E-state index contributed by atoms with van der Waals surface area (Å²) in [5.41, 5.74) is 0.994. The highest BCUT2D eigenvalue weighted by molar-refractivity contribution is 7.60. The second-order valence-electron chi connectivity index (χ2n) is 4.87. The van der Waals surface area contributed by atoms with Gasteiger partial charge in [0.1, 0.15) is 11.1 Å². The molecule has 2 aromatic carbocycles. The number of benzene rings is 2. The Labute approximate surface area is 134 Å². The average Bonchev–Trinajstić information content (AvgIpc) is 2.53. The van der Waals surface area contributed by atoms with Gasteiger partial charge in [0.25, 0.3) is 0 Å². The molecule has 0 saturated carbocycles. The first-order valence-corrected chi connectivity index (χ1v) is 8.66. The number of amides is 1. The lowest BCUT2D eigenvalue weighted by atomic mass is 10.2. The fourth-order valence-corrected chi connectivity index (χ4v) is 2.66. The first-order chi connectivity index (χ1) is 11.0. The Morgan fingerprint density at radius 1 is 1.04 bits per heavy atom. The molecule has 122 valence electrons. The van der Waals surface area contributed by atoms with Gasteiger partial charge in [-0.05, 0) is 17.7 Å². The number of ether oxygens (including phenoxy) is 1. The standard InChI is InChI=1S/C16H18NO5P/c18-16(17-12-13-6-2-1-3-7-13)10-11-22-14-8-4-5-9-15(14)23(19,20)21/h1-9H,10-12H2,(H,17,18)(H2,19,20,21). The summed E-state index contributed by atoms with van der Waals surface area (Å²) in [5.74, 6) is -0.0980. The lowest BCUT2D eigenvalue weighted by Crippen LogP contribution is -2.24. The summed E-state index contributed by atoms with van der Waals surface area (Å²) in [6.07, 6.45) is 0.0995. The molecule has 0 heterocycles. The third-order valence-corrected chi connectivity index (χ3v) is 4.10. The summed E-state index contributed by atoms with van der Waals surface area (Å²) in [7, 11) is -4.40. The number of carbonyl (C=O) groups is 1. The van der Waals surface area contributed by atoms with Crippen molar-refractivity contribution in [1.29, 1.82) is 0 Å². The lowest BCUT2D eigenvalue weighted by Gasteiger charge is -2.12. The molecule has 2 aromatic rings. The molecule has 3 N–H and O–H groups in total. The minimum absolute atomic E-state index is 0.0393. The van der Waals surface area contributed by atoms with Crippen molar-refractivity contribution in [3.05, 3.63) is 60.2 Å². The Morgan fingerprint density at radius 3 is 2.39 bits per heavy atom. The molecule has 0 aliphatic rings. The van der Waals surface area contributed by atoms with Gasteiger partial charge in [-0.3, -0.25) is 9.36 Å². The van der Waals surface area contributed by atoms with E-state index in [9.17, 15) is 19.1 Å². The van der Waals surface area contributed by atoms with Crippen molar-refractivity contribution < 1.29 is 23.9 Å². The maximum atomic E-state index is 11.7. The highest BCUT2D eigenvalue weighted by Crippen LogP contribution is 2.37. The van der Waals surface area contributed by atoms with Gasteiger partial charge < -0.3 is 19.8 Å². The van der Waals surface area contributed by atoms with Crippen LogP contribution in [0.15, 0.2) is 54.6 Å². The molecule has 6 nitrogen and oxygen atoms in total. The topological polar surface area (TPSA) is 95.9 Å². The lowest BCUT2D eigenvalue weighted by molar-refractivity contribution is -0.121. The molecule has 7 heteroatoms. The second kappa shape index (κ2) is 7.92. The summed E-state index contributed by atoms with van der Waals surface area (Å²) < 4.78 is 16.7. The van der Waals surface area contributed by atoms with Crippen molar-refractivity contribution in [3.8, 4) is 5.75 Å². The maximum absolute atomic E-state index is 11.7. The monoisotopic (exact) mass is 335 g/mol. The van der Waals surface area contributed by atoms with E-state index < -0.39 is 7.60 Å². The smallest absolute Gasteiger partial charge is 0.359 e. The molecule has 0 bridgehead atoms. The van der Waals surface area contributed by atoms with E-state index in [2.05, 4.69) is 5.32 Å². The number of rotatable bonds is 7. The molecule has 0 aromatic heterocycles. The fraction of sp³-hybridized carbons (Fsp3) is 0.188. The van der Waals surface area contributed by atoms with E-state index in [1.807, 2.05) is 30.3 Å². The fourth-order valence-electron chi connectivity index (χ4n) is 1.96. The van der Waals surface area contributed by atoms with E-state index in [4.69, 9.17) is 4.74 Å². The van der Waals surface area contributed by atoms with E-state index >= 15 is 0 Å². The summed E-state index contributed by atoms with van der Waals surface area (Å²) in [6, 6.07) is 15.4. The summed E-state index contributed by atoms with van der Waals surface area (Å²) in [4.78, 5) is 30.2. The third kappa shape index (κ3) is 5.53. The normalized spacial score (nSPS) is 11.0. The average molecular weight is 335 g/mol. The van der Waals surface area contributed by atoms with E-state index in [-0.39, 0.29) is 30.0 Å². The largest absolute Gasteiger partial charge is 0.492 e. The number of hydrogen-bond donors (Lipinski definition) is 3. The number of para-hydroxylation sites is 1. The highest BCUT2D eigenvalue weighted by atomic mass is 31.2. The number of hydrogen-bond acceptors (Lipinski definition) is 3. The molecule has 0 unspecified atom stereocenters. The maximum Gasteiger partial charge on any atom is 0.359 e. The molecule has 0 aliphatic heterocycles. The molecular weight excluding hydrogens is 317 g/mol. The van der Waals surface area contributed by atoms with Crippen molar-refractivity contribution in [2.24, 2.45) is 0 Å². The van der Waals surface area contributed by atoms with Crippen LogP contribution in [0, 0.1) is 0 Å². The predicted molar refractivity (Wildman–Crippen MR) is 86.5 cm³/mol. The zero-order chi connectivity index (χ0) is 16.7. The van der Waals surface area contributed by atoms with Crippen LogP contribution < -0.4 is 15.4 Å². The first-order valence-electron chi connectivity index (χ1n) is 7.05. The summed E-state index contributed by atoms with van der Waals surface area (Å²) in [6.45, 7) is 0.469.